The Kier molecular flexibility index (Phi) is 5.24. The van der Waals surface area contributed by atoms with Gasteiger partial charge in [-0.1, -0.05) is 12.1 Å². The topological polar surface area (TPSA) is 67.6 Å². The van der Waals surface area contributed by atoms with E-state index in [0.717, 1.165) is 44.6 Å². The van der Waals surface area contributed by atoms with Gasteiger partial charge in [-0.25, -0.2) is 4.79 Å². The minimum Gasteiger partial charge on any atom is -0.497 e. The second kappa shape index (κ2) is 7.14. The maximum absolute atomic E-state index is 11.0. The lowest BCUT2D eigenvalue weighted by Crippen LogP contribution is -2.47. The minimum absolute atomic E-state index is 0.306. The Labute approximate surface area is 120 Å². The molecule has 1 heterocycles. The molecule has 0 unspecified atom stereocenters. The van der Waals surface area contributed by atoms with Crippen LogP contribution < -0.4 is 15.8 Å². The normalized spacial score (nSPS) is 16.1. The van der Waals surface area contributed by atoms with Crippen molar-refractivity contribution in [1.29, 1.82) is 0 Å². The van der Waals surface area contributed by atoms with Gasteiger partial charge in [0.1, 0.15) is 5.75 Å². The molecule has 1 aliphatic rings. The molecule has 3 N–H and O–H groups in total. The average molecular weight is 277 g/mol. The summed E-state index contributed by atoms with van der Waals surface area (Å²) in [6.45, 7) is 2.45. The van der Waals surface area contributed by atoms with Gasteiger partial charge in [-0.05, 0) is 43.5 Å². The molecule has 110 valence electrons. The van der Waals surface area contributed by atoms with Gasteiger partial charge in [0.25, 0.3) is 0 Å². The molecule has 1 aliphatic heterocycles. The Morgan fingerprint density at radius 2 is 2.20 bits per heavy atom. The number of nitrogens with zero attached hydrogens (tertiary/aromatic N) is 1. The van der Waals surface area contributed by atoms with Crippen LogP contribution in [-0.2, 0) is 6.42 Å². The van der Waals surface area contributed by atoms with Gasteiger partial charge in [0.2, 0.25) is 0 Å². The highest BCUT2D eigenvalue weighted by Crippen LogP contribution is 2.13. The molecule has 0 spiro atoms. The van der Waals surface area contributed by atoms with Crippen molar-refractivity contribution in [3.05, 3.63) is 29.8 Å². The first kappa shape index (κ1) is 14.7. The summed E-state index contributed by atoms with van der Waals surface area (Å²) < 4.78 is 5.22. The SMILES string of the molecule is COc1cccc(CCNC2CCN(C(N)=O)CC2)c1. The number of benzene rings is 1. The molecule has 20 heavy (non-hydrogen) atoms. The molecule has 0 atom stereocenters. The molecule has 1 saturated heterocycles. The van der Waals surface area contributed by atoms with Crippen LogP contribution in [0.15, 0.2) is 24.3 Å². The molecule has 2 rings (SSSR count). The lowest BCUT2D eigenvalue weighted by Gasteiger charge is -2.31. The van der Waals surface area contributed by atoms with Crippen molar-refractivity contribution in [2.75, 3.05) is 26.7 Å². The number of ether oxygens (including phenoxy) is 1. The fourth-order valence-corrected chi connectivity index (χ4v) is 2.55. The third-order valence-corrected chi connectivity index (χ3v) is 3.79. The second-order valence-electron chi connectivity index (χ2n) is 5.16. The number of amides is 2. The van der Waals surface area contributed by atoms with Crippen molar-refractivity contribution >= 4 is 6.03 Å². The van der Waals surface area contributed by atoms with Gasteiger partial charge in [0.15, 0.2) is 0 Å². The summed E-state index contributed by atoms with van der Waals surface area (Å²) >= 11 is 0. The summed E-state index contributed by atoms with van der Waals surface area (Å²) in [6, 6.07) is 8.32. The number of hydrogen-bond donors (Lipinski definition) is 2. The van der Waals surface area contributed by atoms with Crippen LogP contribution in [0.5, 0.6) is 5.75 Å². The summed E-state index contributed by atoms with van der Waals surface area (Å²) in [7, 11) is 1.68. The molecule has 2 amide bonds. The van der Waals surface area contributed by atoms with Gasteiger partial charge < -0.3 is 20.7 Å². The fraction of sp³-hybridized carbons (Fsp3) is 0.533. The van der Waals surface area contributed by atoms with E-state index in [9.17, 15) is 4.79 Å². The summed E-state index contributed by atoms with van der Waals surface area (Å²) in [4.78, 5) is 12.7. The molecule has 5 nitrogen and oxygen atoms in total. The van der Waals surface area contributed by atoms with Crippen LogP contribution in [-0.4, -0.2) is 43.7 Å². The van der Waals surface area contributed by atoms with E-state index < -0.39 is 0 Å². The Hall–Kier alpha value is -1.75. The van der Waals surface area contributed by atoms with Crippen LogP contribution in [0.25, 0.3) is 0 Å². The third-order valence-electron chi connectivity index (χ3n) is 3.79. The van der Waals surface area contributed by atoms with Gasteiger partial charge >= 0.3 is 6.03 Å². The number of nitrogens with one attached hydrogen (secondary N) is 1. The molecule has 5 heteroatoms. The number of primary amides is 1. The third kappa shape index (κ3) is 4.13. The molecule has 0 aliphatic carbocycles. The monoisotopic (exact) mass is 277 g/mol. The average Bonchev–Trinajstić information content (AvgIpc) is 2.48. The van der Waals surface area contributed by atoms with Gasteiger partial charge in [-0.3, -0.25) is 0 Å². The van der Waals surface area contributed by atoms with Crippen LogP contribution in [0.2, 0.25) is 0 Å². The maximum Gasteiger partial charge on any atom is 0.314 e. The number of likely N-dealkylation sites (tertiary alicyclic amines) is 1. The van der Waals surface area contributed by atoms with E-state index in [4.69, 9.17) is 10.5 Å². The van der Waals surface area contributed by atoms with E-state index in [0.29, 0.717) is 6.04 Å². The van der Waals surface area contributed by atoms with Gasteiger partial charge in [0, 0.05) is 19.1 Å². The molecule has 1 aromatic carbocycles. The largest absolute Gasteiger partial charge is 0.497 e. The Morgan fingerprint density at radius 3 is 2.85 bits per heavy atom. The van der Waals surface area contributed by atoms with Crippen molar-refractivity contribution < 1.29 is 9.53 Å². The van der Waals surface area contributed by atoms with E-state index in [1.807, 2.05) is 12.1 Å². The Balaban J connectivity index is 1.70. The number of carbonyl (C=O) groups is 1. The predicted octanol–water partition coefficient (Wildman–Crippen LogP) is 1.37. The summed E-state index contributed by atoms with van der Waals surface area (Å²) in [5.74, 6) is 0.900. The first-order valence-electron chi connectivity index (χ1n) is 7.09. The van der Waals surface area contributed by atoms with Crippen molar-refractivity contribution in [3.63, 3.8) is 0 Å². The smallest absolute Gasteiger partial charge is 0.314 e. The number of piperidine rings is 1. The Bertz CT molecular complexity index is 442. The standard InChI is InChI=1S/C15H23N3O2/c1-20-14-4-2-3-12(11-14)5-8-17-13-6-9-18(10-7-13)15(16)19/h2-4,11,13,17H,5-10H2,1H3,(H2,16,19). The number of methoxy groups -OCH3 is 1. The van der Waals surface area contributed by atoms with Crippen molar-refractivity contribution in [1.82, 2.24) is 10.2 Å². The predicted molar refractivity (Wildman–Crippen MR) is 78.9 cm³/mol. The zero-order chi connectivity index (χ0) is 14.4. The first-order valence-corrected chi connectivity index (χ1v) is 7.09. The Morgan fingerprint density at radius 1 is 1.45 bits per heavy atom. The van der Waals surface area contributed by atoms with Crippen LogP contribution in [0.1, 0.15) is 18.4 Å². The summed E-state index contributed by atoms with van der Waals surface area (Å²) in [5, 5.41) is 3.55. The zero-order valence-corrected chi connectivity index (χ0v) is 12.0. The van der Waals surface area contributed by atoms with E-state index in [-0.39, 0.29) is 6.03 Å². The highest BCUT2D eigenvalue weighted by atomic mass is 16.5. The molecule has 1 fully saturated rings. The molecular formula is C15H23N3O2. The molecule has 0 bridgehead atoms. The number of urea groups is 1. The second-order valence-corrected chi connectivity index (χ2v) is 5.16. The number of nitrogens with two attached hydrogens (primary N) is 1. The summed E-state index contributed by atoms with van der Waals surface area (Å²) in [5.41, 5.74) is 6.54. The summed E-state index contributed by atoms with van der Waals surface area (Å²) in [6.07, 6.45) is 2.93. The van der Waals surface area contributed by atoms with Gasteiger partial charge in [-0.15, -0.1) is 0 Å². The lowest BCUT2D eigenvalue weighted by atomic mass is 10.0. The van der Waals surface area contributed by atoms with Crippen LogP contribution >= 0.6 is 0 Å². The number of rotatable bonds is 5. The first-order chi connectivity index (χ1) is 9.69. The van der Waals surface area contributed by atoms with E-state index >= 15 is 0 Å². The number of hydrogen-bond acceptors (Lipinski definition) is 3. The van der Waals surface area contributed by atoms with Crippen molar-refractivity contribution in [2.24, 2.45) is 5.73 Å². The van der Waals surface area contributed by atoms with E-state index in [2.05, 4.69) is 17.4 Å². The van der Waals surface area contributed by atoms with Crippen LogP contribution in [0.4, 0.5) is 4.79 Å². The van der Waals surface area contributed by atoms with Crippen LogP contribution in [0.3, 0.4) is 0 Å². The van der Waals surface area contributed by atoms with Gasteiger partial charge in [-0.2, -0.15) is 0 Å². The molecule has 0 saturated carbocycles. The molecule has 0 aromatic heterocycles. The highest BCUT2D eigenvalue weighted by molar-refractivity contribution is 5.72. The van der Waals surface area contributed by atoms with E-state index in [1.165, 1.54) is 5.56 Å². The maximum atomic E-state index is 11.0. The van der Waals surface area contributed by atoms with Crippen molar-refractivity contribution in [3.8, 4) is 5.75 Å². The molecule has 0 radical (unpaired) electrons. The number of carbonyl (C=O) groups excluding carboxylic acids is 1. The zero-order valence-electron chi connectivity index (χ0n) is 12.0. The van der Waals surface area contributed by atoms with Crippen molar-refractivity contribution in [2.45, 2.75) is 25.3 Å². The quantitative estimate of drug-likeness (QED) is 0.854. The lowest BCUT2D eigenvalue weighted by molar-refractivity contribution is 0.185. The molecule has 1 aromatic rings. The fourth-order valence-electron chi connectivity index (χ4n) is 2.55. The van der Waals surface area contributed by atoms with Gasteiger partial charge in [0.05, 0.1) is 7.11 Å². The molecular weight excluding hydrogens is 254 g/mol. The highest BCUT2D eigenvalue weighted by Gasteiger charge is 2.20. The van der Waals surface area contributed by atoms with Crippen LogP contribution in [0, 0.1) is 0 Å². The van der Waals surface area contributed by atoms with E-state index in [1.54, 1.807) is 12.0 Å². The minimum atomic E-state index is -0.306.